The van der Waals surface area contributed by atoms with Gasteiger partial charge in [-0.05, 0) is 6.07 Å². The van der Waals surface area contributed by atoms with Gasteiger partial charge in [0.1, 0.15) is 5.39 Å². The summed E-state index contributed by atoms with van der Waals surface area (Å²) in [6.45, 7) is 0. The number of hydrogen-bond acceptors (Lipinski definition) is 7. The molecule has 0 aliphatic rings. The highest BCUT2D eigenvalue weighted by Crippen LogP contribution is 2.32. The van der Waals surface area contributed by atoms with E-state index in [1.807, 2.05) is 0 Å². The number of fused-ring (bicyclic) bond motifs is 1. The Balaban J connectivity index is 2.10. The summed E-state index contributed by atoms with van der Waals surface area (Å²) in [5.74, 6) is 0.156. The van der Waals surface area contributed by atoms with Gasteiger partial charge in [-0.2, -0.15) is 15.1 Å². The number of nitrogens with zero attached hydrogens (tertiary/aromatic N) is 4. The standard InChI is InChI=1S/C11H8N6O3/c12-11-14-9-6(5-13-16-9)10(15-11)20-8-4-2-1-3-7(8)17(18)19/h1-5H,(H3,12,13,14,15,16). The quantitative estimate of drug-likeness (QED) is 0.546. The number of nitro benzene ring substituents is 1. The van der Waals surface area contributed by atoms with Gasteiger partial charge in [0.25, 0.3) is 0 Å². The fraction of sp³-hybridized carbons (Fsp3) is 0. The van der Waals surface area contributed by atoms with Crippen LogP contribution in [0.5, 0.6) is 11.6 Å². The van der Waals surface area contributed by atoms with E-state index < -0.39 is 4.92 Å². The van der Waals surface area contributed by atoms with Gasteiger partial charge in [-0.15, -0.1) is 0 Å². The SMILES string of the molecule is Nc1nc(Oc2ccccc2[N+](=O)[O-])c2cn[nH]c2n1. The maximum Gasteiger partial charge on any atom is 0.311 e. The van der Waals surface area contributed by atoms with Crippen molar-refractivity contribution in [2.45, 2.75) is 0 Å². The largest absolute Gasteiger partial charge is 0.431 e. The van der Waals surface area contributed by atoms with Crippen molar-refractivity contribution in [2.75, 3.05) is 5.73 Å². The molecule has 2 aromatic heterocycles. The molecule has 0 amide bonds. The van der Waals surface area contributed by atoms with Gasteiger partial charge in [0.05, 0.1) is 11.1 Å². The van der Waals surface area contributed by atoms with Crippen molar-refractivity contribution in [1.82, 2.24) is 20.2 Å². The van der Waals surface area contributed by atoms with Crippen LogP contribution in [0.3, 0.4) is 0 Å². The van der Waals surface area contributed by atoms with Gasteiger partial charge in [0.2, 0.25) is 17.6 Å². The number of para-hydroxylation sites is 2. The van der Waals surface area contributed by atoms with Crippen molar-refractivity contribution < 1.29 is 9.66 Å². The van der Waals surface area contributed by atoms with Gasteiger partial charge in [0, 0.05) is 6.07 Å². The lowest BCUT2D eigenvalue weighted by atomic mass is 10.3. The summed E-state index contributed by atoms with van der Waals surface area (Å²) in [7, 11) is 0. The third kappa shape index (κ3) is 1.96. The van der Waals surface area contributed by atoms with Crippen molar-refractivity contribution in [2.24, 2.45) is 0 Å². The summed E-state index contributed by atoms with van der Waals surface area (Å²) < 4.78 is 5.49. The van der Waals surface area contributed by atoms with Crippen LogP contribution in [0.15, 0.2) is 30.5 Å². The van der Waals surface area contributed by atoms with Crippen molar-refractivity contribution in [3.8, 4) is 11.6 Å². The van der Waals surface area contributed by atoms with Crippen LogP contribution < -0.4 is 10.5 Å². The average Bonchev–Trinajstić information content (AvgIpc) is 2.87. The van der Waals surface area contributed by atoms with Crippen LogP contribution in [0, 0.1) is 10.1 Å². The third-order valence-electron chi connectivity index (χ3n) is 2.56. The molecule has 0 saturated heterocycles. The molecular formula is C11H8N6O3. The van der Waals surface area contributed by atoms with Crippen molar-refractivity contribution >= 4 is 22.7 Å². The summed E-state index contributed by atoms with van der Waals surface area (Å²) in [6, 6.07) is 5.99. The minimum absolute atomic E-state index is 0.0182. The molecule has 3 rings (SSSR count). The lowest BCUT2D eigenvalue weighted by Gasteiger charge is -2.06. The Morgan fingerprint density at radius 2 is 2.10 bits per heavy atom. The molecule has 9 heteroatoms. The second kappa shape index (κ2) is 4.46. The molecule has 20 heavy (non-hydrogen) atoms. The van der Waals surface area contributed by atoms with Crippen LogP contribution in [0.2, 0.25) is 0 Å². The Kier molecular flexibility index (Phi) is 2.64. The van der Waals surface area contributed by atoms with Gasteiger partial charge < -0.3 is 10.5 Å². The molecule has 0 aliphatic carbocycles. The van der Waals surface area contributed by atoms with Crippen LogP contribution in [-0.4, -0.2) is 25.1 Å². The first-order chi connectivity index (χ1) is 9.65. The number of hydrogen-bond donors (Lipinski definition) is 2. The first-order valence-corrected chi connectivity index (χ1v) is 5.53. The monoisotopic (exact) mass is 272 g/mol. The van der Waals surface area contributed by atoms with Crippen molar-refractivity contribution in [3.63, 3.8) is 0 Å². The Labute approximate surface area is 111 Å². The zero-order chi connectivity index (χ0) is 14.1. The molecule has 9 nitrogen and oxygen atoms in total. The molecule has 0 spiro atoms. The van der Waals surface area contributed by atoms with E-state index in [1.165, 1.54) is 18.3 Å². The van der Waals surface area contributed by atoms with E-state index in [1.54, 1.807) is 12.1 Å². The van der Waals surface area contributed by atoms with E-state index in [2.05, 4.69) is 20.2 Å². The van der Waals surface area contributed by atoms with E-state index in [-0.39, 0.29) is 23.3 Å². The highest BCUT2D eigenvalue weighted by Gasteiger charge is 2.17. The van der Waals surface area contributed by atoms with Crippen LogP contribution in [-0.2, 0) is 0 Å². The first-order valence-electron chi connectivity index (χ1n) is 5.53. The summed E-state index contributed by atoms with van der Waals surface area (Å²) in [6.07, 6.45) is 1.46. The average molecular weight is 272 g/mol. The van der Waals surface area contributed by atoms with E-state index in [9.17, 15) is 10.1 Å². The molecule has 100 valence electrons. The maximum atomic E-state index is 10.9. The third-order valence-corrected chi connectivity index (χ3v) is 2.56. The minimum atomic E-state index is -0.535. The number of nitrogens with two attached hydrogens (primary N) is 1. The number of benzene rings is 1. The summed E-state index contributed by atoms with van der Waals surface area (Å²) in [5.41, 5.74) is 5.78. The van der Waals surface area contributed by atoms with Crippen LogP contribution >= 0.6 is 0 Å². The number of aromatic nitrogens is 4. The molecule has 0 aliphatic heterocycles. The molecule has 3 aromatic rings. The molecule has 2 heterocycles. The highest BCUT2D eigenvalue weighted by molar-refractivity contribution is 5.80. The zero-order valence-corrected chi connectivity index (χ0v) is 9.98. The molecule has 0 atom stereocenters. The lowest BCUT2D eigenvalue weighted by Crippen LogP contribution is -1.99. The Morgan fingerprint density at radius 1 is 1.30 bits per heavy atom. The molecular weight excluding hydrogens is 264 g/mol. The van der Waals surface area contributed by atoms with Crippen LogP contribution in [0.4, 0.5) is 11.6 Å². The Bertz CT molecular complexity index is 800. The van der Waals surface area contributed by atoms with Gasteiger partial charge in [0.15, 0.2) is 5.65 Å². The zero-order valence-electron chi connectivity index (χ0n) is 9.98. The molecule has 0 radical (unpaired) electrons. The maximum absolute atomic E-state index is 10.9. The van der Waals surface area contributed by atoms with E-state index in [0.29, 0.717) is 11.0 Å². The number of aromatic amines is 1. The van der Waals surface area contributed by atoms with Crippen LogP contribution in [0.25, 0.3) is 11.0 Å². The normalized spacial score (nSPS) is 10.6. The predicted molar refractivity (Wildman–Crippen MR) is 69.3 cm³/mol. The number of nitrogens with one attached hydrogen (secondary N) is 1. The second-order valence-corrected chi connectivity index (χ2v) is 3.85. The van der Waals surface area contributed by atoms with Crippen LogP contribution in [0.1, 0.15) is 0 Å². The molecule has 1 aromatic carbocycles. The highest BCUT2D eigenvalue weighted by atomic mass is 16.6. The van der Waals surface area contributed by atoms with Gasteiger partial charge >= 0.3 is 5.69 Å². The van der Waals surface area contributed by atoms with E-state index >= 15 is 0 Å². The number of rotatable bonds is 3. The minimum Gasteiger partial charge on any atom is -0.431 e. The fourth-order valence-electron chi connectivity index (χ4n) is 1.70. The van der Waals surface area contributed by atoms with Gasteiger partial charge in [-0.3, -0.25) is 15.2 Å². The van der Waals surface area contributed by atoms with E-state index in [0.717, 1.165) is 0 Å². The number of anilines is 1. The summed E-state index contributed by atoms with van der Waals surface area (Å²) in [4.78, 5) is 18.3. The topological polar surface area (TPSA) is 133 Å². The number of ether oxygens (including phenoxy) is 1. The van der Waals surface area contributed by atoms with Crippen molar-refractivity contribution in [3.05, 3.63) is 40.6 Å². The predicted octanol–water partition coefficient (Wildman–Crippen LogP) is 1.64. The molecule has 0 saturated carbocycles. The Hall–Kier alpha value is -3.23. The Morgan fingerprint density at radius 3 is 2.90 bits per heavy atom. The van der Waals surface area contributed by atoms with E-state index in [4.69, 9.17) is 10.5 Å². The number of nitrogen functional groups attached to an aromatic ring is 1. The van der Waals surface area contributed by atoms with Gasteiger partial charge in [-0.1, -0.05) is 12.1 Å². The molecule has 0 bridgehead atoms. The molecule has 0 fully saturated rings. The number of H-pyrrole nitrogens is 1. The smallest absolute Gasteiger partial charge is 0.311 e. The summed E-state index contributed by atoms with van der Waals surface area (Å²) >= 11 is 0. The van der Waals surface area contributed by atoms with Crippen molar-refractivity contribution in [1.29, 1.82) is 0 Å². The first kappa shape index (κ1) is 11.8. The lowest BCUT2D eigenvalue weighted by molar-refractivity contribution is -0.385. The summed E-state index contributed by atoms with van der Waals surface area (Å²) in [5, 5.41) is 17.9. The molecule has 3 N–H and O–H groups in total. The second-order valence-electron chi connectivity index (χ2n) is 3.85. The number of nitro groups is 1. The fourth-order valence-corrected chi connectivity index (χ4v) is 1.70. The van der Waals surface area contributed by atoms with Gasteiger partial charge in [-0.25, -0.2) is 0 Å². The molecule has 0 unspecified atom stereocenters.